The molecule has 0 aliphatic carbocycles. The van der Waals surface area contributed by atoms with Crippen molar-refractivity contribution in [2.75, 3.05) is 0 Å². The molecule has 0 spiro atoms. The smallest absolute Gasteiger partial charge is 0.206 e. The minimum Gasteiger partial charge on any atom is -0.309 e. The molecule has 2 heterocycles. The summed E-state index contributed by atoms with van der Waals surface area (Å²) < 4.78 is 0. The number of rotatable bonds is 10. The van der Waals surface area contributed by atoms with Crippen molar-refractivity contribution in [1.82, 2.24) is 10.6 Å². The molecule has 0 atom stereocenters. The Balaban J connectivity index is 1.02. The van der Waals surface area contributed by atoms with Crippen molar-refractivity contribution in [3.8, 4) is 0 Å². The average Bonchev–Trinajstić information content (AvgIpc) is 3.69. The topological polar surface area (TPSA) is 73.5 Å². The quantitative estimate of drug-likeness (QED) is 0.495. The van der Waals surface area contributed by atoms with Crippen molar-refractivity contribution in [1.29, 1.82) is 0 Å². The molecule has 30 heavy (non-hydrogen) atoms. The van der Waals surface area contributed by atoms with Crippen LogP contribution in [0.15, 0.2) is 93.3 Å². The van der Waals surface area contributed by atoms with E-state index in [9.17, 15) is 0 Å². The lowest BCUT2D eigenvalue weighted by Gasteiger charge is -2.08. The van der Waals surface area contributed by atoms with E-state index >= 15 is 0 Å². The number of hydrogen-bond acceptors (Lipinski definition) is 6. The lowest BCUT2D eigenvalue weighted by molar-refractivity contribution is 0.685. The molecular formula is C24H24N6. The molecule has 0 saturated carbocycles. The summed E-state index contributed by atoms with van der Waals surface area (Å²) >= 11 is 0. The van der Waals surface area contributed by atoms with E-state index in [0.717, 1.165) is 26.2 Å². The molecule has 2 aliphatic rings. The van der Waals surface area contributed by atoms with Gasteiger partial charge in [-0.15, -0.1) is 0 Å². The van der Waals surface area contributed by atoms with E-state index in [0.29, 0.717) is 0 Å². The van der Waals surface area contributed by atoms with Crippen LogP contribution in [0.25, 0.3) is 0 Å². The summed E-state index contributed by atoms with van der Waals surface area (Å²) in [5.74, 6) is 0. The van der Waals surface area contributed by atoms with E-state index in [1.54, 1.807) is 0 Å². The summed E-state index contributed by atoms with van der Waals surface area (Å²) in [6.45, 7) is 3.41. The van der Waals surface area contributed by atoms with Gasteiger partial charge < -0.3 is 10.6 Å². The predicted octanol–water partition coefficient (Wildman–Crippen LogP) is 5.20. The summed E-state index contributed by atoms with van der Waals surface area (Å²) in [6, 6.07) is 25.8. The Kier molecular flexibility index (Phi) is 5.42. The van der Waals surface area contributed by atoms with Crippen LogP contribution in [0.5, 0.6) is 0 Å². The Morgan fingerprint density at radius 2 is 0.700 bits per heavy atom. The molecule has 0 saturated heterocycles. The molecule has 0 unspecified atom stereocenters. The minimum atomic E-state index is 0.0838. The third-order valence-electron chi connectivity index (χ3n) is 5.36. The molecule has 6 heteroatoms. The van der Waals surface area contributed by atoms with E-state index < -0.39 is 0 Å². The van der Waals surface area contributed by atoms with Crippen LogP contribution in [0.3, 0.4) is 0 Å². The Bertz CT molecular complexity index is 940. The molecule has 3 aromatic rings. The Labute approximate surface area is 176 Å². The zero-order valence-electron chi connectivity index (χ0n) is 16.7. The Morgan fingerprint density at radius 1 is 0.433 bits per heavy atom. The van der Waals surface area contributed by atoms with Crippen molar-refractivity contribution < 1.29 is 0 Å². The third-order valence-corrected chi connectivity index (χ3v) is 5.36. The van der Waals surface area contributed by atoms with Crippen LogP contribution in [0, 0.1) is 0 Å². The van der Waals surface area contributed by atoms with Gasteiger partial charge in [0.15, 0.2) is 0 Å². The second-order valence-electron chi connectivity index (χ2n) is 7.72. The first-order valence-corrected chi connectivity index (χ1v) is 10.3. The maximum absolute atomic E-state index is 3.95. The summed E-state index contributed by atoms with van der Waals surface area (Å²) in [5.41, 5.74) is 7.47. The third kappa shape index (κ3) is 5.03. The first kappa shape index (κ1) is 18.8. The van der Waals surface area contributed by atoms with Crippen molar-refractivity contribution >= 4 is 0 Å². The summed E-state index contributed by atoms with van der Waals surface area (Å²) in [5, 5.41) is 22.8. The van der Waals surface area contributed by atoms with Gasteiger partial charge in [-0.3, -0.25) is 0 Å². The lowest BCUT2D eigenvalue weighted by Crippen LogP contribution is -2.14. The fourth-order valence-corrected chi connectivity index (χ4v) is 3.43. The summed E-state index contributed by atoms with van der Waals surface area (Å²) in [6.07, 6.45) is 0.168. The van der Waals surface area contributed by atoms with Crippen molar-refractivity contribution in [2.24, 2.45) is 20.5 Å². The summed E-state index contributed by atoms with van der Waals surface area (Å²) in [7, 11) is 0. The zero-order valence-corrected chi connectivity index (χ0v) is 16.7. The van der Waals surface area contributed by atoms with Crippen molar-refractivity contribution in [3.05, 3.63) is 106 Å². The van der Waals surface area contributed by atoms with Gasteiger partial charge in [-0.05, 0) is 22.3 Å². The second-order valence-corrected chi connectivity index (χ2v) is 7.72. The standard InChI is InChI=1S/C24H24N6/c1-2-18(14-26-16-20-7-11-22(12-8-20)24-29-30-24)4-3-17(1)13-25-15-19-5-9-21(10-6-19)23-27-28-23/h1-12,23-26H,13-16H2. The van der Waals surface area contributed by atoms with Gasteiger partial charge in [0.05, 0.1) is 0 Å². The van der Waals surface area contributed by atoms with Gasteiger partial charge >= 0.3 is 0 Å². The highest BCUT2D eigenvalue weighted by atomic mass is 15.4. The molecule has 0 bridgehead atoms. The van der Waals surface area contributed by atoms with Crippen LogP contribution in [0.4, 0.5) is 0 Å². The molecule has 0 aromatic heterocycles. The maximum Gasteiger partial charge on any atom is 0.206 e. The van der Waals surface area contributed by atoms with Crippen molar-refractivity contribution in [2.45, 2.75) is 38.5 Å². The van der Waals surface area contributed by atoms with Crippen LogP contribution in [0.1, 0.15) is 45.7 Å². The number of benzene rings is 3. The molecule has 0 fully saturated rings. The SMILES string of the molecule is c1cc(CNCc2ccc(C3N=N3)cc2)ccc1CNCc1ccc(C2N=N2)cc1. The van der Waals surface area contributed by atoms with Crippen LogP contribution in [0.2, 0.25) is 0 Å². The van der Waals surface area contributed by atoms with Crippen molar-refractivity contribution in [3.63, 3.8) is 0 Å². The van der Waals surface area contributed by atoms with E-state index in [2.05, 4.69) is 104 Å². The van der Waals surface area contributed by atoms with Crippen LogP contribution < -0.4 is 10.6 Å². The van der Waals surface area contributed by atoms with Crippen LogP contribution in [-0.2, 0) is 26.2 Å². The first-order valence-electron chi connectivity index (χ1n) is 10.3. The predicted molar refractivity (Wildman–Crippen MR) is 116 cm³/mol. The molecule has 2 aliphatic heterocycles. The first-order chi connectivity index (χ1) is 14.8. The average molecular weight is 396 g/mol. The van der Waals surface area contributed by atoms with Gasteiger partial charge in [0, 0.05) is 37.3 Å². The molecule has 0 radical (unpaired) electrons. The molecule has 5 rings (SSSR count). The fraction of sp³-hybridized carbons (Fsp3) is 0.250. The molecule has 3 aromatic carbocycles. The van der Waals surface area contributed by atoms with E-state index in [-0.39, 0.29) is 12.3 Å². The van der Waals surface area contributed by atoms with E-state index in [4.69, 9.17) is 0 Å². The van der Waals surface area contributed by atoms with Gasteiger partial charge in [-0.1, -0.05) is 72.8 Å². The maximum atomic E-state index is 3.95. The van der Waals surface area contributed by atoms with Gasteiger partial charge in [0.1, 0.15) is 0 Å². The molecular weight excluding hydrogens is 372 g/mol. The number of hydrogen-bond donors (Lipinski definition) is 2. The van der Waals surface area contributed by atoms with E-state index in [1.807, 2.05) is 0 Å². The van der Waals surface area contributed by atoms with Gasteiger partial charge in [-0.2, -0.15) is 20.5 Å². The Hall–Kier alpha value is -3.22. The number of nitrogens with one attached hydrogen (secondary N) is 2. The molecule has 2 N–H and O–H groups in total. The highest BCUT2D eigenvalue weighted by Crippen LogP contribution is 2.31. The molecule has 150 valence electrons. The second kappa shape index (κ2) is 8.65. The lowest BCUT2D eigenvalue weighted by atomic mass is 10.1. The van der Waals surface area contributed by atoms with E-state index in [1.165, 1.54) is 33.4 Å². The minimum absolute atomic E-state index is 0.0838. The highest BCUT2D eigenvalue weighted by Gasteiger charge is 2.18. The fourth-order valence-electron chi connectivity index (χ4n) is 3.43. The zero-order chi connectivity index (χ0) is 20.2. The largest absolute Gasteiger partial charge is 0.309 e. The highest BCUT2D eigenvalue weighted by molar-refractivity contribution is 5.28. The normalized spacial score (nSPS) is 14.9. The number of nitrogens with zero attached hydrogens (tertiary/aromatic N) is 4. The van der Waals surface area contributed by atoms with Gasteiger partial charge in [-0.25, -0.2) is 0 Å². The molecule has 0 amide bonds. The monoisotopic (exact) mass is 396 g/mol. The Morgan fingerprint density at radius 3 is 0.967 bits per heavy atom. The summed E-state index contributed by atoms with van der Waals surface area (Å²) in [4.78, 5) is 0. The van der Waals surface area contributed by atoms with Gasteiger partial charge in [0.2, 0.25) is 12.3 Å². The van der Waals surface area contributed by atoms with Crippen LogP contribution in [-0.4, -0.2) is 0 Å². The van der Waals surface area contributed by atoms with Gasteiger partial charge in [0.25, 0.3) is 0 Å². The van der Waals surface area contributed by atoms with Crippen LogP contribution >= 0.6 is 0 Å². The molecule has 6 nitrogen and oxygen atoms in total.